The van der Waals surface area contributed by atoms with Crippen molar-refractivity contribution in [2.75, 3.05) is 18.3 Å². The molecule has 0 unspecified atom stereocenters. The summed E-state index contributed by atoms with van der Waals surface area (Å²) in [5.74, 6) is 7.41. The van der Waals surface area contributed by atoms with Gasteiger partial charge in [-0.2, -0.15) is 0 Å². The Balaban J connectivity index is 2.90. The molecule has 0 aliphatic rings. The molecule has 0 radical (unpaired) electrons. The van der Waals surface area contributed by atoms with Crippen molar-refractivity contribution in [3.8, 4) is 5.75 Å². The van der Waals surface area contributed by atoms with Gasteiger partial charge in [-0.15, -0.1) is 11.8 Å². The molecule has 6 heteroatoms. The number of rotatable bonds is 5. The van der Waals surface area contributed by atoms with E-state index in [1.807, 2.05) is 0 Å². The molecular weight excluding hydrogens is 200 g/mol. The molecule has 0 saturated carbocycles. The maximum atomic E-state index is 5.29. The summed E-state index contributed by atoms with van der Waals surface area (Å²) < 4.78 is 5.18. The van der Waals surface area contributed by atoms with E-state index in [1.54, 1.807) is 18.9 Å². The average Bonchev–Trinajstić information content (AvgIpc) is 2.25. The molecule has 0 fully saturated rings. The van der Waals surface area contributed by atoms with Gasteiger partial charge in [-0.3, -0.25) is 0 Å². The highest BCUT2D eigenvalue weighted by atomic mass is 32.2. The van der Waals surface area contributed by atoms with Crippen LogP contribution in [0.15, 0.2) is 11.4 Å². The van der Waals surface area contributed by atoms with Crippen LogP contribution in [0.2, 0.25) is 0 Å². The number of nitrogens with zero attached hydrogens (tertiary/aromatic N) is 2. The van der Waals surface area contributed by atoms with Crippen molar-refractivity contribution < 1.29 is 4.74 Å². The van der Waals surface area contributed by atoms with Gasteiger partial charge >= 0.3 is 0 Å². The summed E-state index contributed by atoms with van der Waals surface area (Å²) in [5, 5.41) is 0.817. The highest BCUT2D eigenvalue weighted by Gasteiger charge is 2.10. The number of nitrogen functional groups attached to an aromatic ring is 1. The van der Waals surface area contributed by atoms with Crippen LogP contribution in [0.25, 0.3) is 0 Å². The zero-order valence-corrected chi connectivity index (χ0v) is 9.10. The maximum Gasteiger partial charge on any atom is 0.195 e. The van der Waals surface area contributed by atoms with E-state index < -0.39 is 0 Å². The first-order chi connectivity index (χ1) is 6.83. The Bertz CT molecular complexity index is 295. The van der Waals surface area contributed by atoms with Crippen LogP contribution in [-0.2, 0) is 0 Å². The molecule has 1 heterocycles. The standard InChI is InChI=1S/C8H14N4OS/c1-3-4-14-8-6(13-2)7(12-9)10-5-11-8/h5H,3-4,9H2,1-2H3,(H,10,11,12). The fourth-order valence-corrected chi connectivity index (χ4v) is 1.78. The molecule has 78 valence electrons. The van der Waals surface area contributed by atoms with Crippen molar-refractivity contribution in [3.05, 3.63) is 6.33 Å². The third-order valence-corrected chi connectivity index (χ3v) is 2.73. The lowest BCUT2D eigenvalue weighted by Gasteiger charge is -2.09. The Labute approximate surface area is 87.4 Å². The zero-order valence-electron chi connectivity index (χ0n) is 8.28. The normalized spacial score (nSPS) is 9.93. The number of hydrogen-bond acceptors (Lipinski definition) is 6. The van der Waals surface area contributed by atoms with Crippen LogP contribution < -0.4 is 16.0 Å². The van der Waals surface area contributed by atoms with Gasteiger partial charge in [-0.25, -0.2) is 15.8 Å². The Hall–Kier alpha value is -1.01. The van der Waals surface area contributed by atoms with E-state index in [2.05, 4.69) is 22.3 Å². The summed E-state index contributed by atoms with van der Waals surface area (Å²) in [6, 6.07) is 0. The quantitative estimate of drug-likeness (QED) is 0.333. The number of thioether (sulfide) groups is 1. The second kappa shape index (κ2) is 5.66. The molecule has 0 aliphatic carbocycles. The number of anilines is 1. The van der Waals surface area contributed by atoms with E-state index in [-0.39, 0.29) is 0 Å². The maximum absolute atomic E-state index is 5.29. The van der Waals surface area contributed by atoms with Crippen molar-refractivity contribution in [2.45, 2.75) is 18.4 Å². The molecule has 0 spiro atoms. The van der Waals surface area contributed by atoms with Crippen LogP contribution in [-0.4, -0.2) is 22.8 Å². The number of methoxy groups -OCH3 is 1. The van der Waals surface area contributed by atoms with E-state index in [9.17, 15) is 0 Å². The molecule has 1 rings (SSSR count). The lowest BCUT2D eigenvalue weighted by atomic mass is 10.5. The van der Waals surface area contributed by atoms with Gasteiger partial charge in [0.2, 0.25) is 0 Å². The molecule has 0 bridgehead atoms. The fraction of sp³-hybridized carbons (Fsp3) is 0.500. The van der Waals surface area contributed by atoms with Crippen LogP contribution in [0.1, 0.15) is 13.3 Å². The lowest BCUT2D eigenvalue weighted by molar-refractivity contribution is 0.400. The number of hydrogen-bond donors (Lipinski definition) is 2. The molecule has 0 atom stereocenters. The second-order valence-electron chi connectivity index (χ2n) is 2.55. The summed E-state index contributed by atoms with van der Waals surface area (Å²) in [7, 11) is 1.58. The molecule has 14 heavy (non-hydrogen) atoms. The topological polar surface area (TPSA) is 73.1 Å². The number of ether oxygens (including phenoxy) is 1. The molecule has 0 aliphatic heterocycles. The van der Waals surface area contributed by atoms with E-state index in [1.165, 1.54) is 6.33 Å². The molecule has 3 N–H and O–H groups in total. The fourth-order valence-electron chi connectivity index (χ4n) is 0.946. The third kappa shape index (κ3) is 2.49. The second-order valence-corrected chi connectivity index (χ2v) is 3.64. The van der Waals surface area contributed by atoms with E-state index in [4.69, 9.17) is 10.6 Å². The van der Waals surface area contributed by atoms with Gasteiger partial charge in [0, 0.05) is 0 Å². The van der Waals surface area contributed by atoms with Gasteiger partial charge in [-0.05, 0) is 12.2 Å². The molecule has 0 saturated heterocycles. The number of aromatic nitrogens is 2. The summed E-state index contributed by atoms with van der Waals surface area (Å²) in [4.78, 5) is 8.08. The van der Waals surface area contributed by atoms with Gasteiger partial charge in [0.15, 0.2) is 11.6 Å². The minimum absolute atomic E-state index is 0.515. The van der Waals surface area contributed by atoms with Crippen LogP contribution >= 0.6 is 11.8 Å². The first-order valence-corrected chi connectivity index (χ1v) is 5.30. The van der Waals surface area contributed by atoms with Crippen molar-refractivity contribution in [1.82, 2.24) is 9.97 Å². The Morgan fingerprint density at radius 3 is 2.93 bits per heavy atom. The Morgan fingerprint density at radius 2 is 2.36 bits per heavy atom. The summed E-state index contributed by atoms with van der Waals surface area (Å²) in [5.41, 5.74) is 2.47. The number of nitrogens with two attached hydrogens (primary N) is 1. The van der Waals surface area contributed by atoms with Gasteiger partial charge < -0.3 is 10.2 Å². The van der Waals surface area contributed by atoms with Gasteiger partial charge in [0.05, 0.1) is 7.11 Å². The monoisotopic (exact) mass is 214 g/mol. The summed E-state index contributed by atoms with van der Waals surface area (Å²) in [6.45, 7) is 2.11. The highest BCUT2D eigenvalue weighted by molar-refractivity contribution is 7.99. The molecule has 0 aromatic carbocycles. The van der Waals surface area contributed by atoms with Crippen LogP contribution in [0.3, 0.4) is 0 Å². The number of hydrazine groups is 1. The molecule has 0 amide bonds. The molecule has 5 nitrogen and oxygen atoms in total. The first kappa shape index (κ1) is 11.1. The Kier molecular flexibility index (Phi) is 4.48. The van der Waals surface area contributed by atoms with E-state index in [0.717, 1.165) is 17.2 Å². The zero-order chi connectivity index (χ0) is 10.4. The van der Waals surface area contributed by atoms with Crippen molar-refractivity contribution in [1.29, 1.82) is 0 Å². The minimum atomic E-state index is 0.515. The largest absolute Gasteiger partial charge is 0.490 e. The summed E-state index contributed by atoms with van der Waals surface area (Å²) >= 11 is 1.63. The molecular formula is C8H14N4OS. The SMILES string of the molecule is CCCSc1ncnc(NN)c1OC. The predicted molar refractivity (Wildman–Crippen MR) is 57.4 cm³/mol. The highest BCUT2D eigenvalue weighted by Crippen LogP contribution is 2.31. The van der Waals surface area contributed by atoms with Crippen LogP contribution in [0.4, 0.5) is 5.82 Å². The van der Waals surface area contributed by atoms with Gasteiger partial charge in [-0.1, -0.05) is 6.92 Å². The predicted octanol–water partition coefficient (Wildman–Crippen LogP) is 1.27. The lowest BCUT2D eigenvalue weighted by Crippen LogP contribution is -2.10. The minimum Gasteiger partial charge on any atom is -0.490 e. The van der Waals surface area contributed by atoms with Crippen molar-refractivity contribution in [2.24, 2.45) is 5.84 Å². The van der Waals surface area contributed by atoms with Crippen LogP contribution in [0.5, 0.6) is 5.75 Å². The van der Waals surface area contributed by atoms with Crippen molar-refractivity contribution >= 4 is 17.6 Å². The summed E-state index contributed by atoms with van der Waals surface area (Å²) in [6.07, 6.45) is 2.55. The van der Waals surface area contributed by atoms with E-state index in [0.29, 0.717) is 11.6 Å². The van der Waals surface area contributed by atoms with Gasteiger partial charge in [0.25, 0.3) is 0 Å². The first-order valence-electron chi connectivity index (χ1n) is 4.31. The van der Waals surface area contributed by atoms with Gasteiger partial charge in [0.1, 0.15) is 11.4 Å². The molecule has 1 aromatic rings. The molecule has 1 aromatic heterocycles. The van der Waals surface area contributed by atoms with Crippen LogP contribution in [0, 0.1) is 0 Å². The third-order valence-electron chi connectivity index (χ3n) is 1.55. The number of nitrogens with one attached hydrogen (secondary N) is 1. The Morgan fingerprint density at radius 1 is 1.57 bits per heavy atom. The van der Waals surface area contributed by atoms with Crippen molar-refractivity contribution in [3.63, 3.8) is 0 Å². The van der Waals surface area contributed by atoms with E-state index >= 15 is 0 Å². The smallest absolute Gasteiger partial charge is 0.195 e. The average molecular weight is 214 g/mol.